The highest BCUT2D eigenvalue weighted by atomic mass is 15.0. The van der Waals surface area contributed by atoms with Gasteiger partial charge in [-0.15, -0.1) is 0 Å². The lowest BCUT2D eigenvalue weighted by molar-refractivity contribution is 0.217. The van der Waals surface area contributed by atoms with E-state index in [0.29, 0.717) is 11.5 Å². The van der Waals surface area contributed by atoms with Crippen molar-refractivity contribution < 1.29 is 0 Å². The maximum atomic E-state index is 4.44. The van der Waals surface area contributed by atoms with Crippen LogP contribution in [0.15, 0.2) is 30.6 Å². The number of nitrogens with one attached hydrogen (secondary N) is 1. The van der Waals surface area contributed by atoms with Gasteiger partial charge in [0.25, 0.3) is 0 Å². The molecule has 1 fully saturated rings. The number of para-hydroxylation sites is 1. The number of benzene rings is 1. The Balaban J connectivity index is 1.93. The van der Waals surface area contributed by atoms with E-state index in [0.717, 1.165) is 16.7 Å². The lowest BCUT2D eigenvalue weighted by Crippen LogP contribution is -2.39. The summed E-state index contributed by atoms with van der Waals surface area (Å²) in [7, 11) is 0. The Morgan fingerprint density at radius 2 is 2.00 bits per heavy atom. The van der Waals surface area contributed by atoms with Crippen molar-refractivity contribution in [1.82, 2.24) is 9.97 Å². The molecule has 1 aliphatic rings. The average Bonchev–Trinajstić information content (AvgIpc) is 2.41. The zero-order valence-corrected chi connectivity index (χ0v) is 11.7. The van der Waals surface area contributed by atoms with Crippen molar-refractivity contribution in [1.29, 1.82) is 0 Å². The zero-order chi connectivity index (χ0) is 13.3. The molecule has 19 heavy (non-hydrogen) atoms. The molecule has 1 unspecified atom stereocenters. The van der Waals surface area contributed by atoms with Gasteiger partial charge in [0.15, 0.2) is 0 Å². The van der Waals surface area contributed by atoms with Crippen LogP contribution in [0, 0.1) is 5.41 Å². The molecule has 0 amide bonds. The van der Waals surface area contributed by atoms with Crippen LogP contribution >= 0.6 is 0 Å². The highest BCUT2D eigenvalue weighted by Gasteiger charge is 2.32. The first-order valence-electron chi connectivity index (χ1n) is 7.13. The minimum atomic E-state index is 0.338. The smallest absolute Gasteiger partial charge is 0.137 e. The highest BCUT2D eigenvalue weighted by Crippen LogP contribution is 2.37. The van der Waals surface area contributed by atoms with Crippen LogP contribution in [0.5, 0.6) is 0 Å². The number of anilines is 1. The van der Waals surface area contributed by atoms with E-state index < -0.39 is 0 Å². The van der Waals surface area contributed by atoms with E-state index in [4.69, 9.17) is 0 Å². The molecule has 0 spiro atoms. The van der Waals surface area contributed by atoms with Gasteiger partial charge in [-0.25, -0.2) is 9.97 Å². The van der Waals surface area contributed by atoms with Gasteiger partial charge in [0.1, 0.15) is 12.1 Å². The normalized spacial score (nSPS) is 22.3. The van der Waals surface area contributed by atoms with Crippen LogP contribution in [-0.4, -0.2) is 16.0 Å². The van der Waals surface area contributed by atoms with Gasteiger partial charge in [-0.2, -0.15) is 0 Å². The maximum absolute atomic E-state index is 4.44. The summed E-state index contributed by atoms with van der Waals surface area (Å²) in [5.74, 6) is 0.977. The number of nitrogens with zero attached hydrogens (tertiary/aromatic N) is 2. The maximum Gasteiger partial charge on any atom is 0.137 e. The third kappa shape index (κ3) is 2.42. The fourth-order valence-electron chi connectivity index (χ4n) is 3.05. The summed E-state index contributed by atoms with van der Waals surface area (Å²) < 4.78 is 0. The van der Waals surface area contributed by atoms with Crippen molar-refractivity contribution in [2.45, 2.75) is 45.6 Å². The van der Waals surface area contributed by atoms with Gasteiger partial charge in [-0.3, -0.25) is 0 Å². The fraction of sp³-hybridized carbons (Fsp3) is 0.500. The monoisotopic (exact) mass is 255 g/mol. The zero-order valence-electron chi connectivity index (χ0n) is 11.7. The summed E-state index contributed by atoms with van der Waals surface area (Å²) in [6, 6.07) is 8.69. The van der Waals surface area contributed by atoms with E-state index in [-0.39, 0.29) is 0 Å². The Bertz CT molecular complexity index is 572. The Morgan fingerprint density at radius 1 is 1.16 bits per heavy atom. The van der Waals surface area contributed by atoms with E-state index in [1.165, 1.54) is 25.7 Å². The van der Waals surface area contributed by atoms with E-state index in [2.05, 4.69) is 35.2 Å². The average molecular weight is 255 g/mol. The molecular formula is C16H21N3. The van der Waals surface area contributed by atoms with Crippen LogP contribution in [0.4, 0.5) is 5.82 Å². The molecule has 3 nitrogen and oxygen atoms in total. The SMILES string of the molecule is CC1(C)CCCCC1Nc1ncnc2ccccc12. The second kappa shape index (κ2) is 4.80. The molecule has 100 valence electrons. The topological polar surface area (TPSA) is 37.8 Å². The summed E-state index contributed by atoms with van der Waals surface area (Å²) >= 11 is 0. The Kier molecular flexibility index (Phi) is 3.13. The molecule has 0 bridgehead atoms. The molecule has 1 atom stereocenters. The molecule has 0 aliphatic heterocycles. The summed E-state index contributed by atoms with van der Waals surface area (Å²) in [4.78, 5) is 8.76. The highest BCUT2D eigenvalue weighted by molar-refractivity contribution is 5.88. The lowest BCUT2D eigenvalue weighted by atomic mass is 9.73. The van der Waals surface area contributed by atoms with Crippen molar-refractivity contribution in [2.24, 2.45) is 5.41 Å². The van der Waals surface area contributed by atoms with E-state index >= 15 is 0 Å². The third-order valence-corrected chi connectivity index (χ3v) is 4.36. The van der Waals surface area contributed by atoms with Crippen LogP contribution in [0.25, 0.3) is 10.9 Å². The van der Waals surface area contributed by atoms with Crippen molar-refractivity contribution >= 4 is 16.7 Å². The van der Waals surface area contributed by atoms with Crippen LogP contribution in [0.2, 0.25) is 0 Å². The van der Waals surface area contributed by atoms with Gasteiger partial charge in [-0.1, -0.05) is 38.8 Å². The van der Waals surface area contributed by atoms with Gasteiger partial charge in [0.2, 0.25) is 0 Å². The van der Waals surface area contributed by atoms with Crippen molar-refractivity contribution in [2.75, 3.05) is 5.32 Å². The predicted octanol–water partition coefficient (Wildman–Crippen LogP) is 4.01. The minimum Gasteiger partial charge on any atom is -0.366 e. The lowest BCUT2D eigenvalue weighted by Gasteiger charge is -2.39. The summed E-state index contributed by atoms with van der Waals surface area (Å²) in [6.07, 6.45) is 6.82. The molecule has 3 rings (SSSR count). The molecule has 1 aromatic carbocycles. The second-order valence-corrected chi connectivity index (χ2v) is 6.17. The first-order valence-corrected chi connectivity index (χ1v) is 7.13. The largest absolute Gasteiger partial charge is 0.366 e. The van der Waals surface area contributed by atoms with Gasteiger partial charge in [0, 0.05) is 11.4 Å². The van der Waals surface area contributed by atoms with Crippen LogP contribution in [0.1, 0.15) is 39.5 Å². The Hall–Kier alpha value is -1.64. The predicted molar refractivity (Wildman–Crippen MR) is 79.2 cm³/mol. The number of hydrogen-bond donors (Lipinski definition) is 1. The van der Waals surface area contributed by atoms with Crippen molar-refractivity contribution in [3.8, 4) is 0 Å². The molecule has 0 radical (unpaired) electrons. The van der Waals surface area contributed by atoms with Crippen LogP contribution in [0.3, 0.4) is 0 Å². The van der Waals surface area contributed by atoms with E-state index in [1.54, 1.807) is 6.33 Å². The molecule has 1 N–H and O–H groups in total. The summed E-state index contributed by atoms with van der Waals surface area (Å²) in [5, 5.41) is 4.78. The fourth-order valence-corrected chi connectivity index (χ4v) is 3.05. The second-order valence-electron chi connectivity index (χ2n) is 6.17. The molecule has 3 heteroatoms. The summed E-state index contributed by atoms with van der Waals surface area (Å²) in [5.41, 5.74) is 1.35. The molecule has 2 aromatic rings. The quantitative estimate of drug-likeness (QED) is 0.881. The number of hydrogen-bond acceptors (Lipinski definition) is 3. The van der Waals surface area contributed by atoms with Gasteiger partial charge < -0.3 is 5.32 Å². The number of rotatable bonds is 2. The third-order valence-electron chi connectivity index (χ3n) is 4.36. The minimum absolute atomic E-state index is 0.338. The molecule has 0 saturated heterocycles. The van der Waals surface area contributed by atoms with E-state index in [9.17, 15) is 0 Å². The van der Waals surface area contributed by atoms with Crippen molar-refractivity contribution in [3.63, 3.8) is 0 Å². The standard InChI is InChI=1S/C16H21N3/c1-16(2)10-6-5-9-14(16)19-15-12-7-3-4-8-13(12)17-11-18-15/h3-4,7-8,11,14H,5-6,9-10H2,1-2H3,(H,17,18,19). The van der Waals surface area contributed by atoms with Crippen LogP contribution in [-0.2, 0) is 0 Å². The molecular weight excluding hydrogens is 234 g/mol. The molecule has 1 aromatic heterocycles. The Labute approximate surface area is 114 Å². The number of fused-ring (bicyclic) bond motifs is 1. The van der Waals surface area contributed by atoms with E-state index in [1.807, 2.05) is 18.2 Å². The number of aromatic nitrogens is 2. The van der Waals surface area contributed by atoms with Crippen molar-refractivity contribution in [3.05, 3.63) is 30.6 Å². The molecule has 1 saturated carbocycles. The Morgan fingerprint density at radius 3 is 2.84 bits per heavy atom. The summed E-state index contributed by atoms with van der Waals surface area (Å²) in [6.45, 7) is 4.71. The van der Waals surface area contributed by atoms with Crippen LogP contribution < -0.4 is 5.32 Å². The first-order chi connectivity index (χ1) is 9.17. The first kappa shape index (κ1) is 12.4. The molecule has 1 aliphatic carbocycles. The van der Waals surface area contributed by atoms with Gasteiger partial charge in [0.05, 0.1) is 5.52 Å². The van der Waals surface area contributed by atoms with Gasteiger partial charge >= 0.3 is 0 Å². The van der Waals surface area contributed by atoms with Gasteiger partial charge in [-0.05, 0) is 30.4 Å². The molecule has 1 heterocycles.